The third-order valence-corrected chi connectivity index (χ3v) is 6.16. The summed E-state index contributed by atoms with van der Waals surface area (Å²) in [7, 11) is 1.96. The van der Waals surface area contributed by atoms with Crippen LogP contribution in [0, 0.1) is 11.8 Å². The van der Waals surface area contributed by atoms with E-state index in [0.717, 1.165) is 29.9 Å². The van der Waals surface area contributed by atoms with Crippen LogP contribution in [0.4, 0.5) is 11.6 Å². The number of aromatic nitrogens is 4. The van der Waals surface area contributed by atoms with Gasteiger partial charge in [0.15, 0.2) is 0 Å². The predicted octanol–water partition coefficient (Wildman–Crippen LogP) is 3.37. The molecule has 1 aliphatic rings. The Bertz CT molecular complexity index is 1420. The van der Waals surface area contributed by atoms with Crippen LogP contribution in [0.15, 0.2) is 59.7 Å². The van der Waals surface area contributed by atoms with Crippen LogP contribution in [0.3, 0.4) is 0 Å². The van der Waals surface area contributed by atoms with E-state index in [1.54, 1.807) is 23.8 Å². The van der Waals surface area contributed by atoms with Gasteiger partial charge in [0.1, 0.15) is 5.65 Å². The fourth-order valence-corrected chi connectivity index (χ4v) is 4.32. The van der Waals surface area contributed by atoms with Gasteiger partial charge in [-0.2, -0.15) is 4.98 Å². The Kier molecular flexibility index (Phi) is 5.68. The average molecular weight is 439 g/mol. The van der Waals surface area contributed by atoms with Gasteiger partial charge in [-0.1, -0.05) is 18.1 Å². The highest BCUT2D eigenvalue weighted by atomic mass is 16.1. The summed E-state index contributed by atoms with van der Waals surface area (Å²) in [6.45, 7) is 4.23. The normalized spacial score (nSPS) is 15.4. The van der Waals surface area contributed by atoms with E-state index < -0.39 is 0 Å². The van der Waals surface area contributed by atoms with E-state index in [9.17, 15) is 4.79 Å². The van der Waals surface area contributed by atoms with Gasteiger partial charge in [0.2, 0.25) is 5.95 Å². The zero-order valence-electron chi connectivity index (χ0n) is 18.8. The molecule has 7 nitrogen and oxygen atoms in total. The van der Waals surface area contributed by atoms with E-state index in [1.165, 1.54) is 12.0 Å². The maximum Gasteiger partial charge on any atom is 0.268 e. The summed E-state index contributed by atoms with van der Waals surface area (Å²) in [5.74, 6) is 6.77. The number of nitrogens with one attached hydrogen (secondary N) is 2. The number of nitrogens with zero attached hydrogens (tertiary/aromatic N) is 4. The molecular weight excluding hydrogens is 412 g/mol. The van der Waals surface area contributed by atoms with E-state index in [-0.39, 0.29) is 5.56 Å². The van der Waals surface area contributed by atoms with Crippen molar-refractivity contribution in [1.82, 2.24) is 24.4 Å². The van der Waals surface area contributed by atoms with Gasteiger partial charge < -0.3 is 15.2 Å². The maximum absolute atomic E-state index is 13.2. The molecule has 5 rings (SSSR count). The molecular formula is C26H26N6O. The summed E-state index contributed by atoms with van der Waals surface area (Å²) in [6, 6.07) is 14.1. The molecule has 0 aliphatic carbocycles. The zero-order chi connectivity index (χ0) is 22.8. The summed E-state index contributed by atoms with van der Waals surface area (Å²) >= 11 is 0. The highest BCUT2D eigenvalue weighted by molar-refractivity contribution is 5.77. The monoisotopic (exact) mass is 438 g/mol. The molecule has 3 aromatic heterocycles. The quantitative estimate of drug-likeness (QED) is 0.467. The molecule has 0 saturated carbocycles. The van der Waals surface area contributed by atoms with Crippen molar-refractivity contribution in [1.29, 1.82) is 0 Å². The van der Waals surface area contributed by atoms with Crippen LogP contribution in [0.25, 0.3) is 11.0 Å². The Labute approximate surface area is 192 Å². The van der Waals surface area contributed by atoms with Crippen molar-refractivity contribution in [2.75, 3.05) is 18.4 Å². The minimum absolute atomic E-state index is 0.155. The Hall–Kier alpha value is -3.89. The maximum atomic E-state index is 13.2. The Balaban J connectivity index is 1.51. The number of rotatable bonds is 5. The SMILES string of the molecule is CC#Cc1cc2cnc(Nc3ccc(C4CCNC4)cc3)nc2n(Cc2cccn2C)c1=O. The van der Waals surface area contributed by atoms with Crippen LogP contribution in [-0.4, -0.2) is 32.2 Å². The lowest BCUT2D eigenvalue weighted by Gasteiger charge is -2.13. The van der Waals surface area contributed by atoms with Crippen LogP contribution in [0.1, 0.15) is 36.1 Å². The molecule has 4 aromatic rings. The third-order valence-electron chi connectivity index (χ3n) is 6.16. The molecule has 4 heterocycles. The van der Waals surface area contributed by atoms with Crippen molar-refractivity contribution in [3.63, 3.8) is 0 Å². The number of benzene rings is 1. The molecule has 0 radical (unpaired) electrons. The van der Waals surface area contributed by atoms with E-state index >= 15 is 0 Å². The average Bonchev–Trinajstić information content (AvgIpc) is 3.50. The van der Waals surface area contributed by atoms with E-state index in [1.807, 2.05) is 29.9 Å². The predicted molar refractivity (Wildman–Crippen MR) is 131 cm³/mol. The Morgan fingerprint density at radius 1 is 1.24 bits per heavy atom. The molecule has 1 saturated heterocycles. The largest absolute Gasteiger partial charge is 0.353 e. The summed E-state index contributed by atoms with van der Waals surface area (Å²) in [5, 5.41) is 7.47. The van der Waals surface area contributed by atoms with E-state index in [2.05, 4.69) is 51.7 Å². The van der Waals surface area contributed by atoms with Gasteiger partial charge in [0.05, 0.1) is 12.1 Å². The molecule has 0 amide bonds. The standard InChI is InChI=1S/C26H26N6O/c1-3-5-19-14-21-16-28-26(29-22-9-7-18(8-10-22)20-11-12-27-15-20)30-24(21)32(25(19)33)17-23-6-4-13-31(23)2/h4,6-10,13-14,16,20,27H,11-12,15,17H2,1-2H3,(H,28,29,30). The van der Waals surface area contributed by atoms with Gasteiger partial charge in [-0.05, 0) is 61.7 Å². The Morgan fingerprint density at radius 3 is 2.79 bits per heavy atom. The highest BCUT2D eigenvalue weighted by Gasteiger charge is 2.16. The van der Waals surface area contributed by atoms with Crippen molar-refractivity contribution < 1.29 is 0 Å². The number of pyridine rings is 1. The molecule has 1 unspecified atom stereocenters. The smallest absolute Gasteiger partial charge is 0.268 e. The van der Waals surface area contributed by atoms with Crippen LogP contribution >= 0.6 is 0 Å². The second-order valence-corrected chi connectivity index (χ2v) is 8.34. The third kappa shape index (κ3) is 4.26. The molecule has 2 N–H and O–H groups in total. The summed E-state index contributed by atoms with van der Waals surface area (Å²) < 4.78 is 3.67. The number of hydrogen-bond donors (Lipinski definition) is 2. The van der Waals surface area contributed by atoms with E-state index in [0.29, 0.717) is 29.6 Å². The van der Waals surface area contributed by atoms with Crippen LogP contribution in [0.2, 0.25) is 0 Å². The summed E-state index contributed by atoms with van der Waals surface area (Å²) in [4.78, 5) is 22.4. The fraction of sp³-hybridized carbons (Fsp3) is 0.269. The van der Waals surface area contributed by atoms with Gasteiger partial charge in [0.25, 0.3) is 5.56 Å². The van der Waals surface area contributed by atoms with Gasteiger partial charge >= 0.3 is 0 Å². The number of hydrogen-bond acceptors (Lipinski definition) is 5. The molecule has 1 aromatic carbocycles. The first kappa shape index (κ1) is 21.0. The molecule has 7 heteroatoms. The minimum Gasteiger partial charge on any atom is -0.353 e. The van der Waals surface area contributed by atoms with Crippen LogP contribution < -0.4 is 16.2 Å². The number of aryl methyl sites for hydroxylation is 1. The lowest BCUT2D eigenvalue weighted by molar-refractivity contribution is 0.714. The molecule has 33 heavy (non-hydrogen) atoms. The Morgan fingerprint density at radius 2 is 2.09 bits per heavy atom. The van der Waals surface area contributed by atoms with Crippen LogP contribution in [-0.2, 0) is 13.6 Å². The zero-order valence-corrected chi connectivity index (χ0v) is 18.8. The van der Waals surface area contributed by atoms with E-state index in [4.69, 9.17) is 4.98 Å². The van der Waals surface area contributed by atoms with Crippen molar-refractivity contribution in [3.8, 4) is 11.8 Å². The van der Waals surface area contributed by atoms with Gasteiger partial charge in [-0.25, -0.2) is 4.98 Å². The van der Waals surface area contributed by atoms with Gasteiger partial charge in [-0.15, -0.1) is 5.92 Å². The summed E-state index contributed by atoms with van der Waals surface area (Å²) in [5.41, 5.74) is 4.12. The number of fused-ring (bicyclic) bond motifs is 1. The minimum atomic E-state index is -0.155. The van der Waals surface area contributed by atoms with Crippen molar-refractivity contribution >= 4 is 22.7 Å². The van der Waals surface area contributed by atoms with Crippen LogP contribution in [0.5, 0.6) is 0 Å². The van der Waals surface area contributed by atoms with Crippen molar-refractivity contribution in [2.45, 2.75) is 25.8 Å². The van der Waals surface area contributed by atoms with Gasteiger partial charge in [-0.3, -0.25) is 9.36 Å². The fourth-order valence-electron chi connectivity index (χ4n) is 4.32. The van der Waals surface area contributed by atoms with Crippen molar-refractivity contribution in [3.05, 3.63) is 82.0 Å². The first-order valence-corrected chi connectivity index (χ1v) is 11.1. The molecule has 0 bridgehead atoms. The first-order valence-electron chi connectivity index (χ1n) is 11.1. The number of anilines is 2. The second-order valence-electron chi connectivity index (χ2n) is 8.34. The lowest BCUT2D eigenvalue weighted by atomic mass is 9.98. The summed E-state index contributed by atoms with van der Waals surface area (Å²) in [6.07, 6.45) is 4.88. The van der Waals surface area contributed by atoms with Crippen molar-refractivity contribution in [2.24, 2.45) is 7.05 Å². The molecule has 166 valence electrons. The highest BCUT2D eigenvalue weighted by Crippen LogP contribution is 2.24. The second kappa shape index (κ2) is 8.93. The lowest BCUT2D eigenvalue weighted by Crippen LogP contribution is -2.25. The molecule has 1 aliphatic heterocycles. The van der Waals surface area contributed by atoms with Gasteiger partial charge in [0, 0.05) is 42.8 Å². The molecule has 1 fully saturated rings. The molecule has 0 spiro atoms. The topological polar surface area (TPSA) is 76.8 Å². The molecule has 1 atom stereocenters. The first-order chi connectivity index (χ1) is 16.1.